The highest BCUT2D eigenvalue weighted by atomic mass is 19.4. The number of aromatic nitrogens is 5. The van der Waals surface area contributed by atoms with E-state index in [1.54, 1.807) is 18.6 Å². The highest BCUT2D eigenvalue weighted by Crippen LogP contribution is 2.31. The van der Waals surface area contributed by atoms with Gasteiger partial charge in [-0.25, -0.2) is 15.0 Å². The van der Waals surface area contributed by atoms with Crippen LogP contribution in [0.4, 0.5) is 19.1 Å². The van der Waals surface area contributed by atoms with Crippen LogP contribution < -0.4 is 5.32 Å². The molecule has 0 aliphatic rings. The minimum atomic E-state index is -4.43. The van der Waals surface area contributed by atoms with E-state index in [1.807, 2.05) is 18.3 Å². The van der Waals surface area contributed by atoms with Crippen molar-refractivity contribution < 1.29 is 13.2 Å². The van der Waals surface area contributed by atoms with Gasteiger partial charge in [0.15, 0.2) is 0 Å². The first-order chi connectivity index (χ1) is 13.5. The summed E-state index contributed by atoms with van der Waals surface area (Å²) >= 11 is 0. The lowest BCUT2D eigenvalue weighted by Gasteiger charge is -2.12. The number of H-pyrrole nitrogens is 1. The van der Waals surface area contributed by atoms with Gasteiger partial charge in [0.2, 0.25) is 5.95 Å². The predicted octanol–water partition coefficient (Wildman–Crippen LogP) is 3.97. The third-order valence-electron chi connectivity index (χ3n) is 4.28. The monoisotopic (exact) mass is 384 g/mol. The second kappa shape index (κ2) is 7.26. The number of alkyl halides is 3. The predicted molar refractivity (Wildman–Crippen MR) is 97.5 cm³/mol. The summed E-state index contributed by atoms with van der Waals surface area (Å²) in [6.07, 6.45) is 5.42. The number of halogens is 3. The molecule has 0 aromatic carbocycles. The van der Waals surface area contributed by atoms with E-state index in [4.69, 9.17) is 0 Å². The summed E-state index contributed by atoms with van der Waals surface area (Å²) in [6, 6.07) is 4.81. The number of nitrogens with one attached hydrogen (secondary N) is 2. The molecule has 0 aliphatic carbocycles. The van der Waals surface area contributed by atoms with Crippen molar-refractivity contribution in [3.8, 4) is 0 Å². The summed E-state index contributed by atoms with van der Waals surface area (Å²) in [5.41, 5.74) is 2.08. The molecule has 0 bridgehead atoms. The molecule has 0 atom stereocenters. The first kappa shape index (κ1) is 17.9. The molecular formula is C19H15F3N6. The Labute approximate surface area is 157 Å². The smallest absolute Gasteiger partial charge is 0.350 e. The first-order valence-corrected chi connectivity index (χ1v) is 8.46. The van der Waals surface area contributed by atoms with E-state index in [2.05, 4.69) is 30.2 Å². The topological polar surface area (TPSA) is 79.4 Å². The molecule has 2 N–H and O–H groups in total. The Morgan fingerprint density at radius 1 is 0.964 bits per heavy atom. The summed E-state index contributed by atoms with van der Waals surface area (Å²) < 4.78 is 39.1. The Kier molecular flexibility index (Phi) is 4.64. The van der Waals surface area contributed by atoms with E-state index in [1.165, 1.54) is 6.20 Å². The van der Waals surface area contributed by atoms with Gasteiger partial charge in [-0.3, -0.25) is 4.98 Å². The van der Waals surface area contributed by atoms with Gasteiger partial charge >= 0.3 is 6.18 Å². The van der Waals surface area contributed by atoms with Gasteiger partial charge in [-0.15, -0.1) is 0 Å². The van der Waals surface area contributed by atoms with Crippen LogP contribution in [0.2, 0.25) is 0 Å². The van der Waals surface area contributed by atoms with Crippen molar-refractivity contribution in [2.45, 2.75) is 19.1 Å². The van der Waals surface area contributed by atoms with Gasteiger partial charge in [0.1, 0.15) is 5.65 Å². The average molecular weight is 384 g/mol. The molecule has 4 aromatic rings. The Morgan fingerprint density at radius 3 is 2.57 bits per heavy atom. The largest absolute Gasteiger partial charge is 0.416 e. The van der Waals surface area contributed by atoms with Crippen LogP contribution in [0.15, 0.2) is 55.4 Å². The lowest BCUT2D eigenvalue weighted by molar-refractivity contribution is -0.138. The fourth-order valence-corrected chi connectivity index (χ4v) is 2.94. The molecule has 0 radical (unpaired) electrons. The molecule has 0 saturated carbocycles. The van der Waals surface area contributed by atoms with E-state index in [0.29, 0.717) is 6.42 Å². The molecule has 0 amide bonds. The second-order valence-corrected chi connectivity index (χ2v) is 6.19. The molecular weight excluding hydrogens is 369 g/mol. The Balaban J connectivity index is 1.44. The standard InChI is InChI=1S/C19H15F3N6/c20-19(21,22)16-3-5-23-9-14(16)11-28-18-26-7-12(8-27-18)6-13-10-25-17-15(13)2-1-4-24-17/h1-5,7-10H,6,11H2,(H,24,25)(H,26,27,28). The maximum Gasteiger partial charge on any atom is 0.416 e. The van der Waals surface area contributed by atoms with Crippen LogP contribution in [0.25, 0.3) is 11.0 Å². The average Bonchev–Trinajstić information content (AvgIpc) is 3.10. The van der Waals surface area contributed by atoms with Gasteiger partial charge in [0.25, 0.3) is 0 Å². The second-order valence-electron chi connectivity index (χ2n) is 6.19. The SMILES string of the molecule is FC(F)(F)c1ccncc1CNc1ncc(Cc2c[nH]c3ncccc23)cn1. The van der Waals surface area contributed by atoms with Crippen molar-refractivity contribution in [1.29, 1.82) is 0 Å². The Hall–Kier alpha value is -3.49. The summed E-state index contributed by atoms with van der Waals surface area (Å²) in [6.45, 7) is -0.0733. The van der Waals surface area contributed by atoms with Crippen molar-refractivity contribution in [3.05, 3.63) is 77.6 Å². The third kappa shape index (κ3) is 3.78. The maximum atomic E-state index is 13.0. The van der Waals surface area contributed by atoms with Gasteiger partial charge in [0.05, 0.1) is 5.56 Å². The minimum absolute atomic E-state index is 0.0361. The Morgan fingerprint density at radius 2 is 1.79 bits per heavy atom. The summed E-state index contributed by atoms with van der Waals surface area (Å²) in [5.74, 6) is 0.251. The maximum absolute atomic E-state index is 13.0. The van der Waals surface area contributed by atoms with Crippen LogP contribution in [0.1, 0.15) is 22.3 Å². The van der Waals surface area contributed by atoms with Crippen LogP contribution in [0, 0.1) is 0 Å². The van der Waals surface area contributed by atoms with Crippen LogP contribution in [-0.4, -0.2) is 24.9 Å². The van der Waals surface area contributed by atoms with Crippen molar-refractivity contribution in [2.75, 3.05) is 5.32 Å². The first-order valence-electron chi connectivity index (χ1n) is 8.46. The highest BCUT2D eigenvalue weighted by Gasteiger charge is 2.33. The molecule has 0 saturated heterocycles. The lowest BCUT2D eigenvalue weighted by atomic mass is 10.1. The molecule has 28 heavy (non-hydrogen) atoms. The van der Waals surface area contributed by atoms with Crippen LogP contribution in [0.5, 0.6) is 0 Å². The number of rotatable bonds is 5. The van der Waals surface area contributed by atoms with Gasteiger partial charge in [-0.2, -0.15) is 13.2 Å². The van der Waals surface area contributed by atoms with Gasteiger partial charge in [-0.05, 0) is 29.3 Å². The molecule has 0 spiro atoms. The molecule has 9 heteroatoms. The zero-order valence-corrected chi connectivity index (χ0v) is 14.5. The van der Waals surface area contributed by atoms with E-state index in [9.17, 15) is 13.2 Å². The Bertz CT molecular complexity index is 1090. The number of anilines is 1. The van der Waals surface area contributed by atoms with Crippen molar-refractivity contribution in [2.24, 2.45) is 0 Å². The number of aromatic amines is 1. The summed E-state index contributed by atoms with van der Waals surface area (Å²) in [4.78, 5) is 19.5. The summed E-state index contributed by atoms with van der Waals surface area (Å²) in [5, 5.41) is 3.84. The van der Waals surface area contributed by atoms with Gasteiger partial charge in [-0.1, -0.05) is 0 Å². The third-order valence-corrected chi connectivity index (χ3v) is 4.28. The molecule has 4 rings (SSSR count). The fourth-order valence-electron chi connectivity index (χ4n) is 2.94. The fraction of sp³-hybridized carbons (Fsp3) is 0.158. The molecule has 6 nitrogen and oxygen atoms in total. The highest BCUT2D eigenvalue weighted by molar-refractivity contribution is 5.79. The molecule has 142 valence electrons. The molecule has 4 heterocycles. The number of hydrogen-bond donors (Lipinski definition) is 2. The molecule has 4 aromatic heterocycles. The number of hydrogen-bond acceptors (Lipinski definition) is 5. The lowest BCUT2D eigenvalue weighted by Crippen LogP contribution is -2.13. The molecule has 0 unspecified atom stereocenters. The van der Waals surface area contributed by atoms with Crippen molar-refractivity contribution in [3.63, 3.8) is 0 Å². The number of fused-ring (bicyclic) bond motifs is 1. The molecule has 0 aliphatic heterocycles. The van der Waals surface area contributed by atoms with Gasteiger partial charge in [0, 0.05) is 61.1 Å². The number of pyridine rings is 2. The van der Waals surface area contributed by atoms with Crippen LogP contribution >= 0.6 is 0 Å². The van der Waals surface area contributed by atoms with Crippen LogP contribution in [-0.2, 0) is 19.1 Å². The van der Waals surface area contributed by atoms with Crippen molar-refractivity contribution in [1.82, 2.24) is 24.9 Å². The minimum Gasteiger partial charge on any atom is -0.350 e. The van der Waals surface area contributed by atoms with E-state index >= 15 is 0 Å². The van der Waals surface area contributed by atoms with Gasteiger partial charge < -0.3 is 10.3 Å². The normalized spacial score (nSPS) is 11.7. The van der Waals surface area contributed by atoms with E-state index in [-0.39, 0.29) is 18.1 Å². The van der Waals surface area contributed by atoms with E-state index < -0.39 is 11.7 Å². The number of nitrogens with zero attached hydrogens (tertiary/aromatic N) is 4. The molecule has 0 fully saturated rings. The van der Waals surface area contributed by atoms with Crippen LogP contribution in [0.3, 0.4) is 0 Å². The zero-order chi connectivity index (χ0) is 19.6. The van der Waals surface area contributed by atoms with E-state index in [0.717, 1.165) is 34.4 Å². The zero-order valence-electron chi connectivity index (χ0n) is 14.5. The quantitative estimate of drug-likeness (QED) is 0.544. The van der Waals surface area contributed by atoms with Crippen molar-refractivity contribution >= 4 is 17.0 Å². The summed E-state index contributed by atoms with van der Waals surface area (Å²) in [7, 11) is 0.